The molecule has 1 saturated heterocycles. The van der Waals surface area contributed by atoms with Crippen molar-refractivity contribution in [2.75, 3.05) is 32.8 Å². The van der Waals surface area contributed by atoms with Crippen LogP contribution in [-0.4, -0.2) is 59.3 Å². The molecule has 3 aliphatic carbocycles. The third-order valence-corrected chi connectivity index (χ3v) is 10.5. The monoisotopic (exact) mass is 508 g/mol. The first-order valence-electron chi connectivity index (χ1n) is 14.9. The van der Waals surface area contributed by atoms with Crippen LogP contribution in [0, 0.1) is 35.0 Å². The molecule has 0 aromatic carbocycles. The Morgan fingerprint density at radius 1 is 1.06 bits per heavy atom. The molecule has 3 N–H and O–H groups in total. The minimum Gasteiger partial charge on any atom is -0.513 e. The van der Waals surface area contributed by atoms with E-state index in [4.69, 9.17) is 11.6 Å². The van der Waals surface area contributed by atoms with Gasteiger partial charge in [0.2, 0.25) is 0 Å². The second-order valence-electron chi connectivity index (χ2n) is 13.4. The molecule has 2 saturated carbocycles. The van der Waals surface area contributed by atoms with Gasteiger partial charge in [0.15, 0.2) is 0 Å². The normalized spacial score (nSPS) is 37.5. The summed E-state index contributed by atoms with van der Waals surface area (Å²) in [4.78, 5) is 2.76. The zero-order valence-electron chi connectivity index (χ0n) is 22.6. The third-order valence-electron chi connectivity index (χ3n) is 10.1. The van der Waals surface area contributed by atoms with Gasteiger partial charge in [-0.2, -0.15) is 0 Å². The molecular weight excluding hydrogens is 456 g/mol. The van der Waals surface area contributed by atoms with Gasteiger partial charge in [-0.05, 0) is 125 Å². The molecule has 0 amide bonds. The Morgan fingerprint density at radius 2 is 1.83 bits per heavy atom. The Bertz CT molecular complexity index is 675. The van der Waals surface area contributed by atoms with Crippen molar-refractivity contribution >= 4 is 11.6 Å². The smallest absolute Gasteiger partial charge is 0.0883 e. The molecule has 0 radical (unpaired) electrons. The van der Waals surface area contributed by atoms with Crippen LogP contribution in [0.4, 0.5) is 0 Å². The van der Waals surface area contributed by atoms with Crippen molar-refractivity contribution in [2.24, 2.45) is 35.0 Å². The van der Waals surface area contributed by atoms with Crippen molar-refractivity contribution < 1.29 is 10.2 Å². The zero-order chi connectivity index (χ0) is 24.8. The van der Waals surface area contributed by atoms with Crippen LogP contribution in [0.3, 0.4) is 0 Å². The predicted octanol–water partition coefficient (Wildman–Crippen LogP) is 6.52. The summed E-state index contributed by atoms with van der Waals surface area (Å²) in [5.74, 6) is 4.18. The van der Waals surface area contributed by atoms with Crippen LogP contribution in [0.2, 0.25) is 0 Å². The van der Waals surface area contributed by atoms with Crippen molar-refractivity contribution in [3.8, 4) is 0 Å². The van der Waals surface area contributed by atoms with Crippen LogP contribution in [-0.2, 0) is 0 Å². The highest BCUT2D eigenvalue weighted by Crippen LogP contribution is 2.45. The van der Waals surface area contributed by atoms with Gasteiger partial charge in [0.25, 0.3) is 0 Å². The molecule has 0 bridgehead atoms. The van der Waals surface area contributed by atoms with Gasteiger partial charge in [0, 0.05) is 37.5 Å². The van der Waals surface area contributed by atoms with Gasteiger partial charge in [-0.3, -0.25) is 0 Å². The van der Waals surface area contributed by atoms with Crippen molar-refractivity contribution in [1.29, 1.82) is 0 Å². The molecule has 5 atom stereocenters. The maximum atomic E-state index is 9.86. The lowest BCUT2D eigenvalue weighted by Crippen LogP contribution is -2.52. The van der Waals surface area contributed by atoms with Gasteiger partial charge in [-0.15, -0.1) is 11.6 Å². The third kappa shape index (κ3) is 8.09. The van der Waals surface area contributed by atoms with E-state index in [0.29, 0.717) is 47.0 Å². The van der Waals surface area contributed by atoms with E-state index in [1.54, 1.807) is 0 Å². The van der Waals surface area contributed by atoms with Crippen LogP contribution in [0.25, 0.3) is 0 Å². The molecule has 4 unspecified atom stereocenters. The summed E-state index contributed by atoms with van der Waals surface area (Å²) < 4.78 is 0. The molecule has 4 rings (SSSR count). The Morgan fingerprint density at radius 3 is 2.51 bits per heavy atom. The first kappa shape index (κ1) is 27.7. The van der Waals surface area contributed by atoms with Gasteiger partial charge in [-0.25, -0.2) is 0 Å². The molecule has 4 nitrogen and oxygen atoms in total. The number of hydrogen-bond donors (Lipinski definition) is 3. The maximum Gasteiger partial charge on any atom is 0.0883 e. The van der Waals surface area contributed by atoms with Gasteiger partial charge >= 0.3 is 0 Å². The molecule has 0 aromatic heterocycles. The number of nitrogens with one attached hydrogen (secondary N) is 1. The summed E-state index contributed by atoms with van der Waals surface area (Å²) in [5.41, 5.74) is 0.365. The average molecular weight is 509 g/mol. The quantitative estimate of drug-likeness (QED) is 0.310. The Kier molecular flexibility index (Phi) is 10.3. The zero-order valence-corrected chi connectivity index (χ0v) is 23.3. The lowest BCUT2D eigenvalue weighted by Gasteiger charge is -2.49. The summed E-state index contributed by atoms with van der Waals surface area (Å²) in [6.45, 7) is 10.1. The molecular formula is C30H53ClN2O2. The fraction of sp³-hybridized carbons (Fsp3) is 0.933. The van der Waals surface area contributed by atoms with Crippen molar-refractivity contribution in [2.45, 2.75) is 109 Å². The van der Waals surface area contributed by atoms with E-state index >= 15 is 0 Å². The number of nitrogens with zero attached hydrogens (tertiary/aromatic N) is 1. The number of rotatable bonds is 9. The lowest BCUT2D eigenvalue weighted by atomic mass is 9.64. The topological polar surface area (TPSA) is 55.7 Å². The van der Waals surface area contributed by atoms with Crippen LogP contribution in [0.5, 0.6) is 0 Å². The van der Waals surface area contributed by atoms with Crippen molar-refractivity contribution in [3.05, 3.63) is 11.8 Å². The molecule has 5 heteroatoms. The molecule has 1 heterocycles. The number of alkyl halides is 1. The lowest BCUT2D eigenvalue weighted by molar-refractivity contribution is 0.00543. The molecule has 35 heavy (non-hydrogen) atoms. The maximum absolute atomic E-state index is 9.86. The predicted molar refractivity (Wildman–Crippen MR) is 147 cm³/mol. The van der Waals surface area contributed by atoms with Crippen molar-refractivity contribution in [1.82, 2.24) is 10.2 Å². The van der Waals surface area contributed by atoms with Crippen molar-refractivity contribution in [3.63, 3.8) is 0 Å². The number of piperidine rings is 1. The van der Waals surface area contributed by atoms with Crippen LogP contribution >= 0.6 is 11.6 Å². The largest absolute Gasteiger partial charge is 0.513 e. The number of aliphatic hydroxyl groups is 2. The Labute approximate surface area is 220 Å². The second-order valence-corrected chi connectivity index (χ2v) is 14.0. The second kappa shape index (κ2) is 13.0. The molecule has 3 fully saturated rings. The van der Waals surface area contributed by atoms with E-state index in [2.05, 4.69) is 30.1 Å². The fourth-order valence-corrected chi connectivity index (χ4v) is 8.36. The summed E-state index contributed by atoms with van der Waals surface area (Å²) in [6, 6.07) is 0.516. The molecule has 0 spiro atoms. The summed E-state index contributed by atoms with van der Waals surface area (Å²) >= 11 is 6.42. The molecule has 202 valence electrons. The number of hydrogen-bond acceptors (Lipinski definition) is 4. The van der Waals surface area contributed by atoms with E-state index in [-0.39, 0.29) is 0 Å². The Hall–Kier alpha value is -0.290. The molecule has 1 aliphatic heterocycles. The first-order chi connectivity index (χ1) is 16.8. The van der Waals surface area contributed by atoms with Gasteiger partial charge in [-0.1, -0.05) is 20.3 Å². The van der Waals surface area contributed by atoms with E-state index in [9.17, 15) is 10.2 Å². The van der Waals surface area contributed by atoms with E-state index < -0.39 is 0 Å². The highest BCUT2D eigenvalue weighted by atomic mass is 35.5. The highest BCUT2D eigenvalue weighted by molar-refractivity contribution is 6.20. The highest BCUT2D eigenvalue weighted by Gasteiger charge is 2.41. The van der Waals surface area contributed by atoms with Gasteiger partial charge < -0.3 is 20.4 Å². The van der Waals surface area contributed by atoms with E-state index in [1.807, 2.05) is 0 Å². The molecule has 4 aliphatic rings. The number of aliphatic hydroxyl groups excluding tert-OH is 2. The minimum absolute atomic E-state index is 0.356. The Balaban J connectivity index is 1.33. The average Bonchev–Trinajstić information content (AvgIpc) is 2.84. The number of halogens is 1. The first-order valence-corrected chi connectivity index (χ1v) is 15.3. The van der Waals surface area contributed by atoms with Crippen LogP contribution in [0.1, 0.15) is 97.3 Å². The molecule has 0 aromatic rings. The fourth-order valence-electron chi connectivity index (χ4n) is 8.11. The van der Waals surface area contributed by atoms with Gasteiger partial charge in [0.05, 0.1) is 5.76 Å². The summed E-state index contributed by atoms with van der Waals surface area (Å²) in [6.07, 6.45) is 17.6. The van der Waals surface area contributed by atoms with Crippen LogP contribution in [0.15, 0.2) is 11.8 Å². The summed E-state index contributed by atoms with van der Waals surface area (Å²) in [5, 5.41) is 24.0. The van der Waals surface area contributed by atoms with E-state index in [1.165, 1.54) is 77.3 Å². The number of likely N-dealkylation sites (tertiary alicyclic amines) is 1. The van der Waals surface area contributed by atoms with E-state index in [0.717, 1.165) is 44.2 Å². The standard InChI is InChI=1S/C30H53ClN2O2/c1-30(2)21-33(15-14-29(30)25-8-10-26(31)11-9-25)19-27(17-22-6-12-28(35)13-7-22)32-18-23-4-3-5-24(16-23)20-34/h12,22-27,29,32,34-35H,3-11,13-21H2,1-2H3/t22?,23?,24?,25?,26?,27-,29?/m1/s1. The minimum atomic E-state index is 0.356. The SMILES string of the molecule is CC1(C)CN(C[C@@H](CC2CC=C(O)CC2)NCC2CCCC(CO)C2)CCC1C1CCC(Cl)CC1. The number of allylic oxidation sites excluding steroid dienone is 2. The summed E-state index contributed by atoms with van der Waals surface area (Å²) in [7, 11) is 0. The van der Waals surface area contributed by atoms with Crippen LogP contribution < -0.4 is 5.32 Å². The van der Waals surface area contributed by atoms with Gasteiger partial charge in [0.1, 0.15) is 0 Å².